The van der Waals surface area contributed by atoms with Crippen molar-refractivity contribution < 1.29 is 18.7 Å². The van der Waals surface area contributed by atoms with Crippen LogP contribution in [0, 0.1) is 5.82 Å². The quantitative estimate of drug-likeness (QED) is 0.476. The van der Waals surface area contributed by atoms with E-state index in [0.717, 1.165) is 11.0 Å². The first-order valence-corrected chi connectivity index (χ1v) is 6.47. The molecule has 1 amide bonds. The molecule has 0 bridgehead atoms. The molecule has 0 radical (unpaired) electrons. The molecule has 0 spiro atoms. The van der Waals surface area contributed by atoms with Crippen molar-refractivity contribution >= 4 is 40.6 Å². The Hall–Kier alpha value is -1.17. The number of carbonyl (C=O) groups is 2. The molecule has 2 rings (SSSR count). The van der Waals surface area contributed by atoms with E-state index in [1.165, 1.54) is 6.07 Å². The Balaban J connectivity index is 2.26. The number of rotatable bonds is 5. The molecule has 1 aliphatic rings. The van der Waals surface area contributed by atoms with Crippen LogP contribution in [-0.4, -0.2) is 37.3 Å². The number of fused-ring (bicyclic) bond motifs is 1. The zero-order valence-electron chi connectivity index (χ0n) is 9.79. The number of anilines is 1. The molecule has 0 unspecified atom stereocenters. The number of alkyl halides is 1. The van der Waals surface area contributed by atoms with Gasteiger partial charge in [0.15, 0.2) is 0 Å². The molecule has 0 atom stereocenters. The van der Waals surface area contributed by atoms with Crippen molar-refractivity contribution in [2.24, 2.45) is 0 Å². The average Bonchev–Trinajstić information content (AvgIpc) is 2.65. The summed E-state index contributed by atoms with van der Waals surface area (Å²) in [5.74, 6) is -1.92. The van der Waals surface area contributed by atoms with Crippen molar-refractivity contribution in [2.45, 2.75) is 0 Å². The van der Waals surface area contributed by atoms with Crippen LogP contribution in [0.5, 0.6) is 0 Å². The van der Waals surface area contributed by atoms with E-state index >= 15 is 0 Å². The minimum atomic E-state index is -0.795. The van der Waals surface area contributed by atoms with Crippen LogP contribution in [0.25, 0.3) is 0 Å². The molecular formula is C12H10Cl2FNO3. The molecule has 0 aliphatic carbocycles. The largest absolute Gasteiger partial charge is 0.378 e. The van der Waals surface area contributed by atoms with Crippen molar-refractivity contribution in [3.05, 3.63) is 28.5 Å². The van der Waals surface area contributed by atoms with Crippen molar-refractivity contribution in [1.82, 2.24) is 0 Å². The average molecular weight is 306 g/mol. The van der Waals surface area contributed by atoms with E-state index in [0.29, 0.717) is 12.5 Å². The second-order valence-electron chi connectivity index (χ2n) is 3.84. The summed E-state index contributed by atoms with van der Waals surface area (Å²) in [7, 11) is 0. The van der Waals surface area contributed by atoms with E-state index < -0.39 is 17.5 Å². The molecule has 0 aromatic heterocycles. The number of ketones is 1. The third kappa shape index (κ3) is 2.59. The lowest BCUT2D eigenvalue weighted by molar-refractivity contribution is -0.114. The number of amides is 1. The second-order valence-corrected chi connectivity index (χ2v) is 4.63. The van der Waals surface area contributed by atoms with Crippen molar-refractivity contribution in [1.29, 1.82) is 0 Å². The molecule has 1 aliphatic heterocycles. The fourth-order valence-electron chi connectivity index (χ4n) is 1.88. The molecule has 102 valence electrons. The lowest BCUT2D eigenvalue weighted by atomic mass is 10.1. The number of carbonyl (C=O) groups excluding carboxylic acids is 2. The number of hydrogen-bond acceptors (Lipinski definition) is 3. The first-order valence-electron chi connectivity index (χ1n) is 5.55. The molecule has 1 aromatic rings. The summed E-state index contributed by atoms with van der Waals surface area (Å²) in [6.07, 6.45) is 0. The highest BCUT2D eigenvalue weighted by atomic mass is 35.5. The summed E-state index contributed by atoms with van der Waals surface area (Å²) in [5, 5.41) is 0.0685. The van der Waals surface area contributed by atoms with E-state index in [2.05, 4.69) is 0 Å². The molecule has 0 fully saturated rings. The van der Waals surface area contributed by atoms with Gasteiger partial charge in [0.05, 0.1) is 29.5 Å². The van der Waals surface area contributed by atoms with Gasteiger partial charge in [0, 0.05) is 12.4 Å². The number of ether oxygens (including phenoxy) is 1. The standard InChI is InChI=1S/C12H10Cl2FNO3/c13-3-5-19-6-4-16-10-8(15)2-1-7(14)9(10)11(17)12(16)18/h1-2H,3-6H2. The minimum Gasteiger partial charge on any atom is -0.378 e. The van der Waals surface area contributed by atoms with E-state index in [9.17, 15) is 14.0 Å². The van der Waals surface area contributed by atoms with E-state index in [4.69, 9.17) is 27.9 Å². The Kier molecular flexibility index (Phi) is 4.39. The molecule has 0 N–H and O–H groups in total. The topological polar surface area (TPSA) is 46.6 Å². The van der Waals surface area contributed by atoms with Crippen LogP contribution in [0.15, 0.2) is 12.1 Å². The van der Waals surface area contributed by atoms with Crippen LogP contribution in [0.2, 0.25) is 5.02 Å². The van der Waals surface area contributed by atoms with Crippen LogP contribution in [-0.2, 0) is 9.53 Å². The first kappa shape index (κ1) is 14.2. The molecule has 0 saturated carbocycles. The monoisotopic (exact) mass is 305 g/mol. The van der Waals surface area contributed by atoms with Crippen LogP contribution < -0.4 is 4.90 Å². The highest BCUT2D eigenvalue weighted by Gasteiger charge is 2.39. The van der Waals surface area contributed by atoms with Gasteiger partial charge in [0.2, 0.25) is 0 Å². The SMILES string of the molecule is O=C1C(=O)N(CCOCCCl)c2c(F)ccc(Cl)c21. The van der Waals surface area contributed by atoms with Crippen molar-refractivity contribution in [3.63, 3.8) is 0 Å². The Bertz CT molecular complexity index is 536. The molecule has 0 saturated heterocycles. The summed E-state index contributed by atoms with van der Waals surface area (Å²) in [5.41, 5.74) is -0.152. The molecular weight excluding hydrogens is 296 g/mol. The predicted molar refractivity (Wildman–Crippen MR) is 69.6 cm³/mol. The predicted octanol–water partition coefficient (Wildman–Crippen LogP) is 2.26. The maximum absolute atomic E-state index is 13.8. The summed E-state index contributed by atoms with van der Waals surface area (Å²) in [6, 6.07) is 2.38. The van der Waals surface area contributed by atoms with Gasteiger partial charge in [-0.05, 0) is 12.1 Å². The van der Waals surface area contributed by atoms with Gasteiger partial charge in [-0.2, -0.15) is 0 Å². The zero-order chi connectivity index (χ0) is 14.0. The Morgan fingerprint density at radius 2 is 2.00 bits per heavy atom. The fraction of sp³-hybridized carbons (Fsp3) is 0.333. The smallest absolute Gasteiger partial charge is 0.299 e. The second kappa shape index (κ2) is 5.86. The summed E-state index contributed by atoms with van der Waals surface area (Å²) < 4.78 is 18.9. The summed E-state index contributed by atoms with van der Waals surface area (Å²) in [4.78, 5) is 24.6. The first-order chi connectivity index (χ1) is 9.07. The third-order valence-corrected chi connectivity index (χ3v) is 3.16. The summed E-state index contributed by atoms with van der Waals surface area (Å²) >= 11 is 11.3. The van der Waals surface area contributed by atoms with Crippen molar-refractivity contribution in [3.8, 4) is 0 Å². The third-order valence-electron chi connectivity index (χ3n) is 2.69. The minimum absolute atomic E-state index is 0.0685. The van der Waals surface area contributed by atoms with Gasteiger partial charge < -0.3 is 4.74 Å². The van der Waals surface area contributed by atoms with Gasteiger partial charge in [-0.1, -0.05) is 11.6 Å². The maximum atomic E-state index is 13.8. The lowest BCUT2D eigenvalue weighted by Gasteiger charge is -2.16. The Morgan fingerprint density at radius 3 is 2.68 bits per heavy atom. The van der Waals surface area contributed by atoms with Gasteiger partial charge in [-0.25, -0.2) is 4.39 Å². The number of halogens is 3. The van der Waals surface area contributed by atoms with Gasteiger partial charge in [0.25, 0.3) is 11.7 Å². The van der Waals surface area contributed by atoms with Gasteiger partial charge in [-0.3, -0.25) is 14.5 Å². The molecule has 1 heterocycles. The number of Topliss-reactive ketones (excluding diaryl/α,β-unsaturated/α-hetero) is 1. The van der Waals surface area contributed by atoms with Gasteiger partial charge >= 0.3 is 0 Å². The zero-order valence-corrected chi connectivity index (χ0v) is 11.3. The van der Waals surface area contributed by atoms with Crippen molar-refractivity contribution in [2.75, 3.05) is 30.5 Å². The molecule has 7 heteroatoms. The Morgan fingerprint density at radius 1 is 1.26 bits per heavy atom. The Labute approximate surface area is 119 Å². The fourth-order valence-corrected chi connectivity index (χ4v) is 2.23. The highest BCUT2D eigenvalue weighted by molar-refractivity contribution is 6.55. The van der Waals surface area contributed by atoms with Crippen LogP contribution in [0.3, 0.4) is 0 Å². The van der Waals surface area contributed by atoms with E-state index in [1.807, 2.05) is 0 Å². The number of hydrogen-bond donors (Lipinski definition) is 0. The van der Waals surface area contributed by atoms with E-state index in [-0.39, 0.29) is 29.4 Å². The summed E-state index contributed by atoms with van der Waals surface area (Å²) in [6.45, 7) is 0.561. The number of nitrogens with zero attached hydrogens (tertiary/aromatic N) is 1. The highest BCUT2D eigenvalue weighted by Crippen LogP contribution is 2.36. The van der Waals surface area contributed by atoms with Gasteiger partial charge in [0.1, 0.15) is 5.82 Å². The molecule has 1 aromatic carbocycles. The van der Waals surface area contributed by atoms with Crippen LogP contribution in [0.4, 0.5) is 10.1 Å². The maximum Gasteiger partial charge on any atom is 0.299 e. The normalized spacial score (nSPS) is 14.2. The van der Waals surface area contributed by atoms with E-state index in [1.54, 1.807) is 0 Å². The van der Waals surface area contributed by atoms with Crippen LogP contribution in [0.1, 0.15) is 10.4 Å². The molecule has 19 heavy (non-hydrogen) atoms. The van der Waals surface area contributed by atoms with Crippen LogP contribution >= 0.6 is 23.2 Å². The van der Waals surface area contributed by atoms with Gasteiger partial charge in [-0.15, -0.1) is 11.6 Å². The molecule has 4 nitrogen and oxygen atoms in total. The lowest BCUT2D eigenvalue weighted by Crippen LogP contribution is -2.33. The number of benzene rings is 1.